The zero-order chi connectivity index (χ0) is 14.1. The van der Waals surface area contributed by atoms with Crippen molar-refractivity contribution in [1.29, 1.82) is 0 Å². The van der Waals surface area contributed by atoms with Crippen molar-refractivity contribution < 1.29 is 9.53 Å². The van der Waals surface area contributed by atoms with Gasteiger partial charge in [0.15, 0.2) is 0 Å². The van der Waals surface area contributed by atoms with Gasteiger partial charge in [0.1, 0.15) is 5.75 Å². The third-order valence-corrected chi connectivity index (χ3v) is 5.12. The van der Waals surface area contributed by atoms with Gasteiger partial charge in [0.25, 0.3) is 5.91 Å². The number of fused-ring (bicyclic) bond motifs is 2. The molecule has 1 aromatic carbocycles. The van der Waals surface area contributed by atoms with Crippen molar-refractivity contribution in [2.24, 2.45) is 0 Å². The SMILES string of the molecule is COc1ccc(C(=O)NC2CC3CCC(C2)N3)c(I)c1. The molecule has 0 aromatic heterocycles. The van der Waals surface area contributed by atoms with Gasteiger partial charge in [0, 0.05) is 21.7 Å². The molecule has 2 bridgehead atoms. The van der Waals surface area contributed by atoms with Gasteiger partial charge >= 0.3 is 0 Å². The Hall–Kier alpha value is -0.820. The number of benzene rings is 1. The molecule has 2 heterocycles. The highest BCUT2D eigenvalue weighted by atomic mass is 127. The molecule has 5 heteroatoms. The number of nitrogens with one attached hydrogen (secondary N) is 2. The molecule has 2 saturated heterocycles. The smallest absolute Gasteiger partial charge is 0.252 e. The molecule has 0 radical (unpaired) electrons. The average Bonchev–Trinajstić information content (AvgIpc) is 2.77. The maximum atomic E-state index is 12.4. The molecular weight excluding hydrogens is 367 g/mol. The fourth-order valence-electron chi connectivity index (χ4n) is 3.25. The standard InChI is InChI=1S/C15H19IN2O2/c1-20-12-4-5-13(14(16)8-12)15(19)18-11-6-9-2-3-10(7-11)17-9/h4-5,8-11,17H,2-3,6-7H2,1H3,(H,18,19). The van der Waals surface area contributed by atoms with E-state index in [2.05, 4.69) is 33.2 Å². The van der Waals surface area contributed by atoms with E-state index in [0.29, 0.717) is 18.1 Å². The zero-order valence-corrected chi connectivity index (χ0v) is 13.6. The van der Waals surface area contributed by atoms with Gasteiger partial charge < -0.3 is 15.4 Å². The maximum Gasteiger partial charge on any atom is 0.252 e. The van der Waals surface area contributed by atoms with E-state index in [4.69, 9.17) is 4.74 Å². The van der Waals surface area contributed by atoms with Crippen molar-refractivity contribution in [2.75, 3.05) is 7.11 Å². The molecule has 20 heavy (non-hydrogen) atoms. The molecular formula is C15H19IN2O2. The van der Waals surface area contributed by atoms with Crippen molar-refractivity contribution in [2.45, 2.75) is 43.8 Å². The summed E-state index contributed by atoms with van der Waals surface area (Å²) in [6, 6.07) is 7.05. The van der Waals surface area contributed by atoms with Crippen LogP contribution in [0.2, 0.25) is 0 Å². The minimum absolute atomic E-state index is 0.0309. The van der Waals surface area contributed by atoms with E-state index in [1.807, 2.05) is 18.2 Å². The summed E-state index contributed by atoms with van der Waals surface area (Å²) in [6.07, 6.45) is 4.60. The molecule has 2 aliphatic heterocycles. The van der Waals surface area contributed by atoms with Gasteiger partial charge in [0.05, 0.1) is 12.7 Å². The van der Waals surface area contributed by atoms with E-state index in [1.165, 1.54) is 12.8 Å². The third kappa shape index (κ3) is 2.93. The van der Waals surface area contributed by atoms with Gasteiger partial charge in [-0.3, -0.25) is 4.79 Å². The highest BCUT2D eigenvalue weighted by molar-refractivity contribution is 14.1. The molecule has 108 valence electrons. The molecule has 2 N–H and O–H groups in total. The van der Waals surface area contributed by atoms with Gasteiger partial charge in [-0.2, -0.15) is 0 Å². The normalized spacial score (nSPS) is 28.2. The summed E-state index contributed by atoms with van der Waals surface area (Å²) >= 11 is 2.19. The number of halogens is 1. The predicted molar refractivity (Wildman–Crippen MR) is 86.1 cm³/mol. The van der Waals surface area contributed by atoms with Crippen molar-refractivity contribution in [3.05, 3.63) is 27.3 Å². The second-order valence-corrected chi connectivity index (χ2v) is 6.79. The van der Waals surface area contributed by atoms with Crippen LogP contribution in [0.15, 0.2) is 18.2 Å². The van der Waals surface area contributed by atoms with E-state index in [0.717, 1.165) is 27.7 Å². The number of ether oxygens (including phenoxy) is 1. The van der Waals surface area contributed by atoms with Crippen LogP contribution in [0.3, 0.4) is 0 Å². The fraction of sp³-hybridized carbons (Fsp3) is 0.533. The minimum atomic E-state index is 0.0309. The average molecular weight is 386 g/mol. The fourth-order valence-corrected chi connectivity index (χ4v) is 3.98. The lowest BCUT2D eigenvalue weighted by Gasteiger charge is -2.29. The van der Waals surface area contributed by atoms with Crippen LogP contribution in [0.1, 0.15) is 36.0 Å². The van der Waals surface area contributed by atoms with E-state index in [-0.39, 0.29) is 5.91 Å². The van der Waals surface area contributed by atoms with Gasteiger partial charge in [-0.25, -0.2) is 0 Å². The second-order valence-electron chi connectivity index (χ2n) is 5.63. The van der Waals surface area contributed by atoms with Crippen LogP contribution < -0.4 is 15.4 Å². The summed E-state index contributed by atoms with van der Waals surface area (Å²) in [5.74, 6) is 0.814. The summed E-state index contributed by atoms with van der Waals surface area (Å²) in [6.45, 7) is 0. The molecule has 3 rings (SSSR count). The Kier molecular flexibility index (Phi) is 4.16. The summed E-state index contributed by atoms with van der Waals surface area (Å²) in [5.41, 5.74) is 0.734. The quantitative estimate of drug-likeness (QED) is 0.785. The Balaban J connectivity index is 1.67. The molecule has 0 saturated carbocycles. The molecule has 2 unspecified atom stereocenters. The molecule has 1 amide bonds. The lowest BCUT2D eigenvalue weighted by molar-refractivity contribution is 0.0923. The lowest BCUT2D eigenvalue weighted by atomic mass is 9.99. The molecule has 2 aliphatic rings. The topological polar surface area (TPSA) is 50.4 Å². The van der Waals surface area contributed by atoms with Crippen molar-refractivity contribution in [3.63, 3.8) is 0 Å². The van der Waals surface area contributed by atoms with Gasteiger partial charge in [0.2, 0.25) is 0 Å². The Morgan fingerprint density at radius 1 is 1.35 bits per heavy atom. The van der Waals surface area contributed by atoms with Crippen LogP contribution in [-0.2, 0) is 0 Å². The Labute approximate surface area is 132 Å². The van der Waals surface area contributed by atoms with E-state index in [9.17, 15) is 4.79 Å². The first kappa shape index (κ1) is 14.1. The number of rotatable bonds is 3. The molecule has 4 nitrogen and oxygen atoms in total. The van der Waals surface area contributed by atoms with Crippen LogP contribution >= 0.6 is 22.6 Å². The summed E-state index contributed by atoms with van der Waals surface area (Å²) < 4.78 is 6.10. The maximum absolute atomic E-state index is 12.4. The Morgan fingerprint density at radius 2 is 2.05 bits per heavy atom. The highest BCUT2D eigenvalue weighted by Crippen LogP contribution is 2.27. The number of carbonyl (C=O) groups is 1. The summed E-state index contributed by atoms with van der Waals surface area (Å²) in [5, 5.41) is 6.78. The summed E-state index contributed by atoms with van der Waals surface area (Å²) in [7, 11) is 1.63. The van der Waals surface area contributed by atoms with E-state index >= 15 is 0 Å². The zero-order valence-electron chi connectivity index (χ0n) is 11.5. The van der Waals surface area contributed by atoms with Gasteiger partial charge in [-0.1, -0.05) is 0 Å². The van der Waals surface area contributed by atoms with Gasteiger partial charge in [-0.05, 0) is 66.5 Å². The molecule has 0 aliphatic carbocycles. The number of carbonyl (C=O) groups excluding carboxylic acids is 1. The second kappa shape index (κ2) is 5.89. The van der Waals surface area contributed by atoms with Gasteiger partial charge in [-0.15, -0.1) is 0 Å². The molecule has 2 fully saturated rings. The number of amides is 1. The first-order chi connectivity index (χ1) is 9.65. The minimum Gasteiger partial charge on any atom is -0.497 e. The van der Waals surface area contributed by atoms with Crippen LogP contribution in [-0.4, -0.2) is 31.1 Å². The predicted octanol–water partition coefficient (Wildman–Crippen LogP) is 2.31. The van der Waals surface area contributed by atoms with Crippen molar-refractivity contribution in [1.82, 2.24) is 10.6 Å². The Bertz CT molecular complexity index is 509. The van der Waals surface area contributed by atoms with Crippen LogP contribution in [0.25, 0.3) is 0 Å². The van der Waals surface area contributed by atoms with E-state index < -0.39 is 0 Å². The van der Waals surface area contributed by atoms with Crippen LogP contribution in [0.5, 0.6) is 5.75 Å². The summed E-state index contributed by atoms with van der Waals surface area (Å²) in [4.78, 5) is 12.4. The molecule has 1 aromatic rings. The van der Waals surface area contributed by atoms with Crippen LogP contribution in [0, 0.1) is 3.57 Å². The number of methoxy groups -OCH3 is 1. The number of piperidine rings is 1. The Morgan fingerprint density at radius 3 is 2.65 bits per heavy atom. The number of hydrogen-bond donors (Lipinski definition) is 2. The first-order valence-corrected chi connectivity index (χ1v) is 8.14. The highest BCUT2D eigenvalue weighted by Gasteiger charge is 2.34. The third-order valence-electron chi connectivity index (χ3n) is 4.23. The molecule has 2 atom stereocenters. The monoisotopic (exact) mass is 386 g/mol. The van der Waals surface area contributed by atoms with E-state index in [1.54, 1.807) is 7.11 Å². The lowest BCUT2D eigenvalue weighted by Crippen LogP contribution is -2.48. The van der Waals surface area contributed by atoms with Crippen molar-refractivity contribution in [3.8, 4) is 5.75 Å². The largest absolute Gasteiger partial charge is 0.497 e. The first-order valence-electron chi connectivity index (χ1n) is 7.06. The van der Waals surface area contributed by atoms with Crippen molar-refractivity contribution >= 4 is 28.5 Å². The van der Waals surface area contributed by atoms with Crippen LogP contribution in [0.4, 0.5) is 0 Å². The molecule has 0 spiro atoms. The number of hydrogen-bond acceptors (Lipinski definition) is 3.